The predicted molar refractivity (Wildman–Crippen MR) is 60.8 cm³/mol. The summed E-state index contributed by atoms with van der Waals surface area (Å²) in [5.41, 5.74) is 7.22. The average Bonchev–Trinajstić information content (AvgIpc) is 2.24. The Morgan fingerprint density at radius 1 is 1.56 bits per heavy atom. The van der Waals surface area contributed by atoms with Crippen molar-refractivity contribution in [2.24, 2.45) is 0 Å². The van der Waals surface area contributed by atoms with E-state index in [4.69, 9.17) is 10.8 Å². The molecular weight excluding hydrogens is 208 g/mol. The molecule has 0 aromatic heterocycles. The van der Waals surface area contributed by atoms with Gasteiger partial charge < -0.3 is 10.8 Å². The fourth-order valence-corrected chi connectivity index (χ4v) is 1.20. The molecule has 0 heterocycles. The number of aliphatic hydroxyl groups excluding tert-OH is 1. The number of rotatable bonds is 2. The van der Waals surface area contributed by atoms with Crippen molar-refractivity contribution in [3.05, 3.63) is 33.4 Å². The van der Waals surface area contributed by atoms with Crippen molar-refractivity contribution in [1.82, 2.24) is 0 Å². The van der Waals surface area contributed by atoms with Gasteiger partial charge in [-0.2, -0.15) is 0 Å². The van der Waals surface area contributed by atoms with Crippen LogP contribution in [0.1, 0.15) is 17.5 Å². The van der Waals surface area contributed by atoms with Crippen LogP contribution < -0.4 is 5.73 Å². The lowest BCUT2D eigenvalue weighted by molar-refractivity contribution is -0.384. The van der Waals surface area contributed by atoms with E-state index in [9.17, 15) is 10.1 Å². The normalized spacial score (nSPS) is 9.38. The van der Waals surface area contributed by atoms with Gasteiger partial charge in [0, 0.05) is 18.6 Å². The van der Waals surface area contributed by atoms with E-state index in [1.807, 2.05) is 0 Å². The molecule has 0 saturated carbocycles. The molecule has 5 heteroatoms. The molecule has 0 fully saturated rings. The molecule has 0 amide bonds. The standard InChI is InChI=1S/C11H12N2O3/c1-8-6-10(13(15)16)7-9(11(8)12)4-2-3-5-14/h6-7,14H,3,5,12H2,1H3. The Hall–Kier alpha value is -2.06. The van der Waals surface area contributed by atoms with Crippen LogP contribution in [0.15, 0.2) is 12.1 Å². The Labute approximate surface area is 93.0 Å². The van der Waals surface area contributed by atoms with Crippen molar-refractivity contribution < 1.29 is 10.0 Å². The minimum absolute atomic E-state index is 0.0278. The number of hydrogen-bond donors (Lipinski definition) is 2. The second-order valence-electron chi connectivity index (χ2n) is 3.26. The quantitative estimate of drug-likeness (QED) is 0.339. The van der Waals surface area contributed by atoms with E-state index in [0.717, 1.165) is 0 Å². The maximum absolute atomic E-state index is 10.6. The summed E-state index contributed by atoms with van der Waals surface area (Å²) in [6.07, 6.45) is 0.321. The van der Waals surface area contributed by atoms with Gasteiger partial charge in [-0.3, -0.25) is 10.1 Å². The molecule has 0 bridgehead atoms. The highest BCUT2D eigenvalue weighted by Crippen LogP contribution is 2.23. The molecule has 1 rings (SSSR count). The average molecular weight is 220 g/mol. The van der Waals surface area contributed by atoms with Crippen LogP contribution >= 0.6 is 0 Å². The summed E-state index contributed by atoms with van der Waals surface area (Å²) >= 11 is 0. The topological polar surface area (TPSA) is 89.4 Å². The van der Waals surface area contributed by atoms with Crippen molar-refractivity contribution in [2.75, 3.05) is 12.3 Å². The first-order valence-corrected chi connectivity index (χ1v) is 4.70. The number of hydrogen-bond acceptors (Lipinski definition) is 4. The van der Waals surface area contributed by atoms with Crippen LogP contribution in [0, 0.1) is 28.9 Å². The third kappa shape index (κ3) is 2.72. The monoisotopic (exact) mass is 220 g/mol. The molecule has 84 valence electrons. The third-order valence-electron chi connectivity index (χ3n) is 2.04. The van der Waals surface area contributed by atoms with E-state index < -0.39 is 4.92 Å². The van der Waals surface area contributed by atoms with Crippen LogP contribution in [-0.2, 0) is 0 Å². The Morgan fingerprint density at radius 2 is 2.25 bits per heavy atom. The molecule has 1 aromatic carbocycles. The minimum Gasteiger partial charge on any atom is -0.397 e. The van der Waals surface area contributed by atoms with E-state index in [1.54, 1.807) is 6.92 Å². The number of benzene rings is 1. The molecule has 0 aliphatic carbocycles. The van der Waals surface area contributed by atoms with Gasteiger partial charge in [-0.1, -0.05) is 11.8 Å². The molecule has 3 N–H and O–H groups in total. The Kier molecular flexibility index (Phi) is 3.86. The number of anilines is 1. The second kappa shape index (κ2) is 5.14. The molecule has 0 spiro atoms. The Balaban J connectivity index is 3.18. The molecule has 0 aliphatic heterocycles. The van der Waals surface area contributed by atoms with Crippen molar-refractivity contribution in [2.45, 2.75) is 13.3 Å². The number of nitrogens with two attached hydrogens (primary N) is 1. The van der Waals surface area contributed by atoms with E-state index in [0.29, 0.717) is 23.2 Å². The highest BCUT2D eigenvalue weighted by Gasteiger charge is 2.10. The summed E-state index contributed by atoms with van der Waals surface area (Å²) in [5.74, 6) is 5.39. The van der Waals surface area contributed by atoms with E-state index in [2.05, 4.69) is 11.8 Å². The largest absolute Gasteiger partial charge is 0.397 e. The maximum atomic E-state index is 10.6. The van der Waals surface area contributed by atoms with Crippen molar-refractivity contribution >= 4 is 11.4 Å². The Morgan fingerprint density at radius 3 is 2.81 bits per heavy atom. The smallest absolute Gasteiger partial charge is 0.271 e. The molecule has 5 nitrogen and oxygen atoms in total. The number of aryl methyl sites for hydroxylation is 1. The highest BCUT2D eigenvalue weighted by molar-refractivity contribution is 5.64. The number of nitro benzene ring substituents is 1. The van der Waals surface area contributed by atoms with E-state index in [-0.39, 0.29) is 12.3 Å². The zero-order valence-electron chi connectivity index (χ0n) is 8.86. The van der Waals surface area contributed by atoms with Gasteiger partial charge in [-0.05, 0) is 12.5 Å². The first-order chi connectivity index (χ1) is 7.56. The third-order valence-corrected chi connectivity index (χ3v) is 2.04. The summed E-state index contributed by atoms with van der Waals surface area (Å²) in [4.78, 5) is 10.1. The fraction of sp³-hybridized carbons (Fsp3) is 0.273. The first kappa shape index (κ1) is 12.0. The van der Waals surface area contributed by atoms with E-state index in [1.165, 1.54) is 12.1 Å². The van der Waals surface area contributed by atoms with Crippen LogP contribution in [0.2, 0.25) is 0 Å². The van der Waals surface area contributed by atoms with Gasteiger partial charge in [0.15, 0.2) is 0 Å². The molecule has 0 atom stereocenters. The van der Waals surface area contributed by atoms with Crippen LogP contribution in [0.3, 0.4) is 0 Å². The lowest BCUT2D eigenvalue weighted by Crippen LogP contribution is -1.97. The van der Waals surface area contributed by atoms with Crippen LogP contribution in [0.4, 0.5) is 11.4 Å². The predicted octanol–water partition coefficient (Wildman–Crippen LogP) is 1.22. The van der Waals surface area contributed by atoms with Crippen molar-refractivity contribution in [3.63, 3.8) is 0 Å². The summed E-state index contributed by atoms with van der Waals surface area (Å²) in [5, 5.41) is 19.2. The number of aliphatic hydroxyl groups is 1. The second-order valence-corrected chi connectivity index (χ2v) is 3.26. The number of nitro groups is 1. The SMILES string of the molecule is Cc1cc([N+](=O)[O-])cc(C#CCCO)c1N. The van der Waals surface area contributed by atoms with Gasteiger partial charge in [0.2, 0.25) is 0 Å². The zero-order valence-corrected chi connectivity index (χ0v) is 8.86. The zero-order chi connectivity index (χ0) is 12.1. The molecule has 0 unspecified atom stereocenters. The lowest BCUT2D eigenvalue weighted by Gasteiger charge is -2.02. The number of non-ortho nitro benzene ring substituents is 1. The first-order valence-electron chi connectivity index (χ1n) is 4.70. The molecule has 0 saturated heterocycles. The van der Waals surface area contributed by atoms with Gasteiger partial charge in [-0.15, -0.1) is 0 Å². The van der Waals surface area contributed by atoms with Crippen LogP contribution in [-0.4, -0.2) is 16.6 Å². The minimum atomic E-state index is -0.482. The molecule has 1 aromatic rings. The molecule has 16 heavy (non-hydrogen) atoms. The molecular formula is C11H12N2O3. The fourth-order valence-electron chi connectivity index (χ4n) is 1.20. The highest BCUT2D eigenvalue weighted by atomic mass is 16.6. The summed E-state index contributed by atoms with van der Waals surface area (Å²) in [7, 11) is 0. The van der Waals surface area contributed by atoms with Crippen molar-refractivity contribution in [1.29, 1.82) is 0 Å². The lowest BCUT2D eigenvalue weighted by atomic mass is 10.1. The van der Waals surface area contributed by atoms with Crippen LogP contribution in [0.25, 0.3) is 0 Å². The molecule has 0 aliphatic rings. The van der Waals surface area contributed by atoms with Gasteiger partial charge in [0.05, 0.1) is 22.8 Å². The van der Waals surface area contributed by atoms with Crippen LogP contribution in [0.5, 0.6) is 0 Å². The number of nitrogen functional groups attached to an aromatic ring is 1. The van der Waals surface area contributed by atoms with Gasteiger partial charge >= 0.3 is 0 Å². The van der Waals surface area contributed by atoms with Gasteiger partial charge in [-0.25, -0.2) is 0 Å². The van der Waals surface area contributed by atoms with Gasteiger partial charge in [0.25, 0.3) is 5.69 Å². The summed E-state index contributed by atoms with van der Waals surface area (Å²) < 4.78 is 0. The van der Waals surface area contributed by atoms with Crippen molar-refractivity contribution in [3.8, 4) is 11.8 Å². The molecule has 0 radical (unpaired) electrons. The summed E-state index contributed by atoms with van der Waals surface area (Å²) in [6.45, 7) is 1.65. The number of nitrogens with zero attached hydrogens (tertiary/aromatic N) is 1. The summed E-state index contributed by atoms with van der Waals surface area (Å²) in [6, 6.07) is 2.75. The Bertz CT molecular complexity index is 472. The maximum Gasteiger partial charge on any atom is 0.271 e. The van der Waals surface area contributed by atoms with Gasteiger partial charge in [0.1, 0.15) is 0 Å². The van der Waals surface area contributed by atoms with E-state index >= 15 is 0 Å².